The summed E-state index contributed by atoms with van der Waals surface area (Å²) in [5.41, 5.74) is 1.94. The van der Waals surface area contributed by atoms with Crippen molar-refractivity contribution >= 4 is 0 Å². The summed E-state index contributed by atoms with van der Waals surface area (Å²) >= 11 is 0. The predicted octanol–water partition coefficient (Wildman–Crippen LogP) is 2.34. The van der Waals surface area contributed by atoms with Gasteiger partial charge in [-0.1, -0.05) is 25.7 Å². The lowest BCUT2D eigenvalue weighted by Crippen LogP contribution is -2.09. The Morgan fingerprint density at radius 3 is 2.73 bits per heavy atom. The Balaban J connectivity index is 2.00. The van der Waals surface area contributed by atoms with Gasteiger partial charge >= 0.3 is 0 Å². The molecule has 0 bridgehead atoms. The minimum absolute atomic E-state index is 0.334. The Hall–Kier alpha value is -0.830. The lowest BCUT2D eigenvalue weighted by atomic mass is 9.98. The van der Waals surface area contributed by atoms with Crippen LogP contribution in [-0.4, -0.2) is 14.9 Å². The fraction of sp³-hybridized carbons (Fsp3) is 0.750. The van der Waals surface area contributed by atoms with Crippen molar-refractivity contribution in [1.82, 2.24) is 9.78 Å². The summed E-state index contributed by atoms with van der Waals surface area (Å²) in [7, 11) is 1.90. The first-order valence-corrected chi connectivity index (χ1v) is 5.85. The minimum atomic E-state index is -0.334. The van der Waals surface area contributed by atoms with Gasteiger partial charge in [0.2, 0.25) is 0 Å². The van der Waals surface area contributed by atoms with Gasteiger partial charge in [-0.05, 0) is 25.3 Å². The topological polar surface area (TPSA) is 38.0 Å². The molecule has 1 saturated carbocycles. The highest BCUT2D eigenvalue weighted by Gasteiger charge is 2.21. The molecule has 1 aliphatic carbocycles. The van der Waals surface area contributed by atoms with Gasteiger partial charge in [-0.3, -0.25) is 4.68 Å². The molecular formula is C12H20N2O. The monoisotopic (exact) mass is 208 g/mol. The van der Waals surface area contributed by atoms with Gasteiger partial charge in [-0.2, -0.15) is 5.10 Å². The molecule has 3 heteroatoms. The molecule has 1 atom stereocenters. The molecule has 1 aliphatic rings. The van der Waals surface area contributed by atoms with Gasteiger partial charge < -0.3 is 5.11 Å². The van der Waals surface area contributed by atoms with Gasteiger partial charge in [-0.25, -0.2) is 0 Å². The predicted molar refractivity (Wildman–Crippen MR) is 59.5 cm³/mol. The van der Waals surface area contributed by atoms with Crippen LogP contribution >= 0.6 is 0 Å². The lowest BCUT2D eigenvalue weighted by molar-refractivity contribution is 0.136. The van der Waals surface area contributed by atoms with E-state index in [4.69, 9.17) is 0 Å². The summed E-state index contributed by atoms with van der Waals surface area (Å²) in [4.78, 5) is 0. The highest BCUT2D eigenvalue weighted by Crippen LogP contribution is 2.32. The molecule has 0 spiro atoms. The van der Waals surface area contributed by atoms with E-state index in [0.717, 1.165) is 23.7 Å². The molecule has 1 aromatic rings. The molecule has 0 amide bonds. The van der Waals surface area contributed by atoms with Gasteiger partial charge in [-0.15, -0.1) is 0 Å². The van der Waals surface area contributed by atoms with Crippen LogP contribution in [0.4, 0.5) is 0 Å². The number of aliphatic hydroxyl groups excluding tert-OH is 1. The van der Waals surface area contributed by atoms with E-state index >= 15 is 0 Å². The van der Waals surface area contributed by atoms with Crippen molar-refractivity contribution in [2.75, 3.05) is 0 Å². The van der Waals surface area contributed by atoms with Crippen molar-refractivity contribution in [3.05, 3.63) is 17.5 Å². The van der Waals surface area contributed by atoms with E-state index in [2.05, 4.69) is 5.10 Å². The quantitative estimate of drug-likeness (QED) is 0.828. The second-order valence-electron chi connectivity index (χ2n) is 4.74. The van der Waals surface area contributed by atoms with Crippen LogP contribution in [0.25, 0.3) is 0 Å². The molecule has 1 N–H and O–H groups in total. The molecule has 1 unspecified atom stereocenters. The number of aryl methyl sites for hydroxylation is 2. The summed E-state index contributed by atoms with van der Waals surface area (Å²) < 4.78 is 1.80. The van der Waals surface area contributed by atoms with Crippen LogP contribution in [0.15, 0.2) is 6.07 Å². The highest BCUT2D eigenvalue weighted by molar-refractivity contribution is 5.11. The molecule has 0 radical (unpaired) electrons. The van der Waals surface area contributed by atoms with E-state index in [1.807, 2.05) is 20.0 Å². The highest BCUT2D eigenvalue weighted by atomic mass is 16.3. The van der Waals surface area contributed by atoms with E-state index < -0.39 is 0 Å². The lowest BCUT2D eigenvalue weighted by Gasteiger charge is -2.15. The number of rotatable bonds is 3. The average Bonchev–Trinajstić information content (AvgIpc) is 2.75. The molecule has 15 heavy (non-hydrogen) atoms. The maximum absolute atomic E-state index is 10.1. The average molecular weight is 208 g/mol. The second kappa shape index (κ2) is 4.35. The van der Waals surface area contributed by atoms with E-state index in [1.54, 1.807) is 4.68 Å². The van der Waals surface area contributed by atoms with E-state index in [9.17, 15) is 5.11 Å². The summed E-state index contributed by atoms with van der Waals surface area (Å²) in [5.74, 6) is 0.718. The Morgan fingerprint density at radius 1 is 1.53 bits per heavy atom. The standard InChI is InChI=1S/C12H20N2O/c1-9-7-11(14(2)13-9)12(15)8-10-5-3-4-6-10/h7,10,12,15H,3-6,8H2,1-2H3. The van der Waals surface area contributed by atoms with Crippen LogP contribution in [0.1, 0.15) is 49.6 Å². The Bertz CT molecular complexity index is 326. The van der Waals surface area contributed by atoms with Gasteiger partial charge in [0.1, 0.15) is 0 Å². The molecule has 0 aromatic carbocycles. The summed E-state index contributed by atoms with van der Waals surface area (Å²) in [5, 5.41) is 14.4. The molecule has 0 saturated heterocycles. The van der Waals surface area contributed by atoms with Gasteiger partial charge in [0, 0.05) is 7.05 Å². The first-order chi connectivity index (χ1) is 7.16. The molecule has 1 aromatic heterocycles. The first kappa shape index (κ1) is 10.7. The van der Waals surface area contributed by atoms with Gasteiger partial charge in [0.05, 0.1) is 17.5 Å². The summed E-state index contributed by atoms with van der Waals surface area (Å²) in [6.45, 7) is 1.96. The maximum Gasteiger partial charge on any atom is 0.0959 e. The zero-order chi connectivity index (χ0) is 10.8. The van der Waals surface area contributed by atoms with E-state index in [-0.39, 0.29) is 6.10 Å². The van der Waals surface area contributed by atoms with Gasteiger partial charge in [0.15, 0.2) is 0 Å². The van der Waals surface area contributed by atoms with Crippen molar-refractivity contribution in [3.8, 4) is 0 Å². The summed E-state index contributed by atoms with van der Waals surface area (Å²) in [6, 6.07) is 1.99. The summed E-state index contributed by atoms with van der Waals surface area (Å²) in [6.07, 6.45) is 5.81. The number of aliphatic hydroxyl groups is 1. The normalized spacial score (nSPS) is 19.7. The van der Waals surface area contributed by atoms with Crippen LogP contribution < -0.4 is 0 Å². The smallest absolute Gasteiger partial charge is 0.0959 e. The molecule has 2 rings (SSSR count). The van der Waals surface area contributed by atoms with Crippen LogP contribution in [0.3, 0.4) is 0 Å². The molecule has 1 fully saturated rings. The third-order valence-electron chi connectivity index (χ3n) is 3.41. The fourth-order valence-corrected chi connectivity index (χ4v) is 2.63. The zero-order valence-electron chi connectivity index (χ0n) is 9.61. The third kappa shape index (κ3) is 2.40. The third-order valence-corrected chi connectivity index (χ3v) is 3.41. The zero-order valence-corrected chi connectivity index (χ0v) is 9.61. The van der Waals surface area contributed by atoms with Gasteiger partial charge in [0.25, 0.3) is 0 Å². The second-order valence-corrected chi connectivity index (χ2v) is 4.74. The Morgan fingerprint density at radius 2 is 2.20 bits per heavy atom. The Labute approximate surface area is 91.1 Å². The first-order valence-electron chi connectivity index (χ1n) is 5.85. The van der Waals surface area contributed by atoms with Crippen LogP contribution in [0, 0.1) is 12.8 Å². The molecule has 84 valence electrons. The van der Waals surface area contributed by atoms with Crippen molar-refractivity contribution in [2.24, 2.45) is 13.0 Å². The van der Waals surface area contributed by atoms with Crippen molar-refractivity contribution < 1.29 is 5.11 Å². The Kier molecular flexibility index (Phi) is 3.10. The molecule has 3 nitrogen and oxygen atoms in total. The van der Waals surface area contributed by atoms with Crippen LogP contribution in [-0.2, 0) is 7.05 Å². The number of nitrogens with zero attached hydrogens (tertiary/aromatic N) is 2. The van der Waals surface area contributed by atoms with Crippen molar-refractivity contribution in [3.63, 3.8) is 0 Å². The van der Waals surface area contributed by atoms with Crippen LogP contribution in [0.5, 0.6) is 0 Å². The fourth-order valence-electron chi connectivity index (χ4n) is 2.63. The number of aromatic nitrogens is 2. The minimum Gasteiger partial charge on any atom is -0.387 e. The van der Waals surface area contributed by atoms with E-state index in [1.165, 1.54) is 25.7 Å². The number of hydrogen-bond acceptors (Lipinski definition) is 2. The molecule has 1 heterocycles. The molecule has 0 aliphatic heterocycles. The largest absolute Gasteiger partial charge is 0.387 e. The van der Waals surface area contributed by atoms with E-state index in [0.29, 0.717) is 0 Å². The van der Waals surface area contributed by atoms with Crippen LogP contribution in [0.2, 0.25) is 0 Å². The molecular weight excluding hydrogens is 188 g/mol. The number of hydrogen-bond donors (Lipinski definition) is 1. The van der Waals surface area contributed by atoms with Crippen molar-refractivity contribution in [2.45, 2.75) is 45.1 Å². The SMILES string of the molecule is Cc1cc(C(O)CC2CCCC2)n(C)n1. The van der Waals surface area contributed by atoms with Crippen molar-refractivity contribution in [1.29, 1.82) is 0 Å². The maximum atomic E-state index is 10.1.